The van der Waals surface area contributed by atoms with Crippen molar-refractivity contribution in [2.75, 3.05) is 13.7 Å². The van der Waals surface area contributed by atoms with E-state index in [1.807, 2.05) is 30.3 Å². The van der Waals surface area contributed by atoms with Crippen molar-refractivity contribution in [3.8, 4) is 0 Å². The van der Waals surface area contributed by atoms with Crippen molar-refractivity contribution in [1.82, 2.24) is 30.4 Å². The number of methoxy groups -OCH3 is 1. The first-order valence-electron chi connectivity index (χ1n) is 15.2. The van der Waals surface area contributed by atoms with Crippen LogP contribution in [0.4, 0.5) is 4.79 Å². The molecule has 1 aliphatic rings. The van der Waals surface area contributed by atoms with Gasteiger partial charge in [-0.3, -0.25) is 14.4 Å². The van der Waals surface area contributed by atoms with E-state index >= 15 is 0 Å². The lowest BCUT2D eigenvalue weighted by Crippen LogP contribution is -2.63. The number of ether oxygens (including phenoxy) is 2. The molecule has 4 amide bonds. The molecule has 1 aromatic heterocycles. The number of hydrogen-bond donors (Lipinski definition) is 3. The van der Waals surface area contributed by atoms with Crippen molar-refractivity contribution >= 4 is 29.8 Å². The van der Waals surface area contributed by atoms with Gasteiger partial charge in [0.15, 0.2) is 0 Å². The highest BCUT2D eigenvalue weighted by atomic mass is 16.6. The summed E-state index contributed by atoms with van der Waals surface area (Å²) in [5, 5.41) is 8.26. The molecule has 0 radical (unpaired) electrons. The highest BCUT2D eigenvalue weighted by molar-refractivity contribution is 5.97. The smallest absolute Gasteiger partial charge is 0.408 e. The van der Waals surface area contributed by atoms with Gasteiger partial charge in [0.05, 0.1) is 13.4 Å². The lowest BCUT2D eigenvalue weighted by Gasteiger charge is -2.34. The lowest BCUT2D eigenvalue weighted by molar-refractivity contribution is -0.146. The van der Waals surface area contributed by atoms with E-state index < -0.39 is 59.0 Å². The van der Waals surface area contributed by atoms with Crippen LogP contribution in [0, 0.1) is 0 Å². The van der Waals surface area contributed by atoms with Crippen molar-refractivity contribution in [3.05, 3.63) is 54.1 Å². The van der Waals surface area contributed by atoms with Gasteiger partial charge >= 0.3 is 12.1 Å². The number of hydrogen-bond acceptors (Lipinski definition) is 8. The third-order valence-corrected chi connectivity index (χ3v) is 7.84. The second kappa shape index (κ2) is 15.0. The largest absolute Gasteiger partial charge is 0.467 e. The van der Waals surface area contributed by atoms with Crippen molar-refractivity contribution in [2.45, 2.75) is 96.0 Å². The minimum Gasteiger partial charge on any atom is -0.467 e. The van der Waals surface area contributed by atoms with Crippen molar-refractivity contribution in [1.29, 1.82) is 0 Å². The summed E-state index contributed by atoms with van der Waals surface area (Å²) in [6, 6.07) is 6.34. The van der Waals surface area contributed by atoms with Crippen LogP contribution in [-0.4, -0.2) is 87.2 Å². The third kappa shape index (κ3) is 9.53. The summed E-state index contributed by atoms with van der Waals surface area (Å²) < 4.78 is 12.1. The van der Waals surface area contributed by atoms with Crippen LogP contribution in [0.3, 0.4) is 0 Å². The molecule has 45 heavy (non-hydrogen) atoms. The Bertz CT molecular complexity index is 1360. The maximum absolute atomic E-state index is 13.9. The second-order valence-corrected chi connectivity index (χ2v) is 12.5. The van der Waals surface area contributed by atoms with Crippen LogP contribution in [0.15, 0.2) is 42.9 Å². The van der Waals surface area contributed by atoms with Crippen LogP contribution < -0.4 is 16.0 Å². The average molecular weight is 627 g/mol. The molecule has 3 N–H and O–H groups in total. The number of benzene rings is 1. The zero-order valence-corrected chi connectivity index (χ0v) is 27.2. The maximum Gasteiger partial charge on any atom is 0.408 e. The van der Waals surface area contributed by atoms with Crippen molar-refractivity contribution in [3.63, 3.8) is 0 Å². The molecule has 1 aliphatic heterocycles. The minimum absolute atomic E-state index is 0.130. The average Bonchev–Trinajstić information content (AvgIpc) is 3.64. The number of aromatic nitrogens is 2. The standard InChI is InChI=1S/C32H46N6O7/c1-8-32(5,29(42)34-24(28(41)44-7)17-21-13-10-9-11-14-21)36-26(39)25-15-12-16-38(25)27(40)23(18-22-19-33-20-37(22)6)35-30(43)45-31(2,3)4/h9-11,13-14,19-20,23-25H,8,12,15-18H2,1-7H3,(H,34,42)(H,35,43)(H,36,39)/t23-,24-,25+,32-/m0/s1. The molecule has 2 aromatic rings. The summed E-state index contributed by atoms with van der Waals surface area (Å²) in [5.41, 5.74) is -0.633. The number of carbonyl (C=O) groups is 5. The fraction of sp³-hybridized carbons (Fsp3) is 0.562. The van der Waals surface area contributed by atoms with Gasteiger partial charge in [-0.1, -0.05) is 37.3 Å². The van der Waals surface area contributed by atoms with E-state index in [1.165, 1.54) is 12.0 Å². The number of alkyl carbamates (subject to hydrolysis) is 1. The molecule has 4 atom stereocenters. The number of nitrogens with one attached hydrogen (secondary N) is 3. The van der Waals surface area contributed by atoms with Crippen LogP contribution in [-0.2, 0) is 48.5 Å². The Labute approximate surface area is 264 Å². The summed E-state index contributed by atoms with van der Waals surface area (Å²) in [7, 11) is 3.03. The monoisotopic (exact) mass is 626 g/mol. The quantitative estimate of drug-likeness (QED) is 0.302. The van der Waals surface area contributed by atoms with Gasteiger partial charge < -0.3 is 34.9 Å². The third-order valence-electron chi connectivity index (χ3n) is 7.84. The summed E-state index contributed by atoms with van der Waals surface area (Å²) in [6.45, 7) is 8.79. The van der Waals surface area contributed by atoms with E-state index in [2.05, 4.69) is 20.9 Å². The van der Waals surface area contributed by atoms with Gasteiger partial charge in [0.25, 0.3) is 0 Å². The summed E-state index contributed by atoms with van der Waals surface area (Å²) >= 11 is 0. The molecule has 0 unspecified atom stereocenters. The molecule has 13 nitrogen and oxygen atoms in total. The highest BCUT2D eigenvalue weighted by Crippen LogP contribution is 2.22. The molecule has 0 bridgehead atoms. The number of aryl methyl sites for hydroxylation is 1. The Balaban J connectivity index is 1.77. The van der Waals surface area contributed by atoms with E-state index in [0.717, 1.165) is 5.56 Å². The van der Waals surface area contributed by atoms with E-state index in [9.17, 15) is 24.0 Å². The van der Waals surface area contributed by atoms with Gasteiger partial charge in [0.2, 0.25) is 17.7 Å². The minimum atomic E-state index is -1.39. The Hall–Kier alpha value is -4.42. The van der Waals surface area contributed by atoms with E-state index in [1.54, 1.807) is 58.8 Å². The summed E-state index contributed by atoms with van der Waals surface area (Å²) in [5.74, 6) is -2.12. The number of rotatable bonds is 12. The van der Waals surface area contributed by atoms with Gasteiger partial charge in [-0.2, -0.15) is 0 Å². The fourth-order valence-electron chi connectivity index (χ4n) is 5.11. The van der Waals surface area contributed by atoms with Crippen LogP contribution >= 0.6 is 0 Å². The first kappa shape index (κ1) is 35.1. The van der Waals surface area contributed by atoms with Gasteiger partial charge in [0, 0.05) is 38.3 Å². The Morgan fingerprint density at radius 1 is 1.02 bits per heavy atom. The number of nitrogens with zero attached hydrogens (tertiary/aromatic N) is 3. The normalized spacial score (nSPS) is 17.4. The first-order chi connectivity index (χ1) is 21.2. The molecular formula is C32H46N6O7. The zero-order valence-electron chi connectivity index (χ0n) is 27.2. The number of likely N-dealkylation sites (tertiary alicyclic amines) is 1. The van der Waals surface area contributed by atoms with Crippen LogP contribution in [0.25, 0.3) is 0 Å². The molecule has 0 spiro atoms. The predicted octanol–water partition coefficient (Wildman–Crippen LogP) is 2.03. The molecule has 1 saturated heterocycles. The van der Waals surface area contributed by atoms with E-state index in [0.29, 0.717) is 25.1 Å². The molecule has 13 heteroatoms. The van der Waals surface area contributed by atoms with Gasteiger partial charge in [-0.15, -0.1) is 0 Å². The molecule has 246 valence electrons. The number of imidazole rings is 1. The summed E-state index contributed by atoms with van der Waals surface area (Å²) in [4.78, 5) is 72.0. The number of esters is 1. The first-order valence-corrected chi connectivity index (χ1v) is 15.2. The van der Waals surface area contributed by atoms with Gasteiger partial charge in [0.1, 0.15) is 29.3 Å². The van der Waals surface area contributed by atoms with Gasteiger partial charge in [-0.25, -0.2) is 14.6 Å². The fourth-order valence-corrected chi connectivity index (χ4v) is 5.11. The van der Waals surface area contributed by atoms with Crippen molar-refractivity contribution in [2.24, 2.45) is 7.05 Å². The topological polar surface area (TPSA) is 161 Å². The SMILES string of the molecule is CC[C@](C)(NC(=O)[C@H]1CCCN1C(=O)[C@H](Cc1cncn1C)NC(=O)OC(C)(C)C)C(=O)N[C@@H](Cc1ccccc1)C(=O)OC. The van der Waals surface area contributed by atoms with Crippen molar-refractivity contribution < 1.29 is 33.4 Å². The predicted molar refractivity (Wildman–Crippen MR) is 166 cm³/mol. The van der Waals surface area contributed by atoms with Crippen LogP contribution in [0.2, 0.25) is 0 Å². The number of carbonyl (C=O) groups excluding carboxylic acids is 5. The molecule has 2 heterocycles. The van der Waals surface area contributed by atoms with Crippen LogP contribution in [0.5, 0.6) is 0 Å². The zero-order chi connectivity index (χ0) is 33.4. The Morgan fingerprint density at radius 3 is 2.29 bits per heavy atom. The highest BCUT2D eigenvalue weighted by Gasteiger charge is 2.42. The molecule has 1 aromatic carbocycles. The molecule has 3 rings (SSSR count). The molecular weight excluding hydrogens is 580 g/mol. The molecule has 0 aliphatic carbocycles. The Kier molecular flexibility index (Phi) is 11.7. The maximum atomic E-state index is 13.9. The molecule has 0 saturated carbocycles. The van der Waals surface area contributed by atoms with E-state index in [4.69, 9.17) is 9.47 Å². The summed E-state index contributed by atoms with van der Waals surface area (Å²) in [6.07, 6.45) is 3.94. The number of amides is 4. The van der Waals surface area contributed by atoms with Crippen LogP contribution in [0.1, 0.15) is 65.1 Å². The Morgan fingerprint density at radius 2 is 1.71 bits per heavy atom. The van der Waals surface area contributed by atoms with Gasteiger partial charge in [-0.05, 0) is 52.5 Å². The lowest BCUT2D eigenvalue weighted by atomic mass is 9.95. The second-order valence-electron chi connectivity index (χ2n) is 12.5. The van der Waals surface area contributed by atoms with E-state index in [-0.39, 0.29) is 19.3 Å². The molecule has 1 fully saturated rings.